The summed E-state index contributed by atoms with van der Waals surface area (Å²) in [5.74, 6) is -1.07. The predicted molar refractivity (Wildman–Crippen MR) is 256 cm³/mol. The summed E-state index contributed by atoms with van der Waals surface area (Å²) < 4.78 is 16.6. The molecule has 0 aromatic heterocycles. The lowest BCUT2D eigenvalue weighted by Gasteiger charge is -2.18. The number of unbranched alkanes of at least 4 members (excludes halogenated alkanes) is 20. The minimum Gasteiger partial charge on any atom is -0.462 e. The molecule has 0 aromatic carbocycles. The molecule has 0 aliphatic heterocycles. The average molecular weight is 833 g/mol. The van der Waals surface area contributed by atoms with Crippen molar-refractivity contribution in [2.45, 2.75) is 213 Å². The Morgan fingerprint density at radius 1 is 0.383 bits per heavy atom. The molecule has 0 rings (SSSR count). The molecule has 0 aliphatic rings. The molecule has 1 atom stereocenters. The van der Waals surface area contributed by atoms with E-state index in [1.165, 1.54) is 83.5 Å². The molecular weight excluding hydrogens is 745 g/mol. The van der Waals surface area contributed by atoms with Gasteiger partial charge in [-0.15, -0.1) is 0 Å². The molecule has 0 aromatic rings. The van der Waals surface area contributed by atoms with E-state index in [2.05, 4.69) is 69.4 Å². The molecule has 0 saturated heterocycles. The molecule has 0 bridgehead atoms. The number of allylic oxidation sites excluding steroid dienone is 15. The molecule has 0 aliphatic carbocycles. The van der Waals surface area contributed by atoms with Crippen LogP contribution in [0.1, 0.15) is 207 Å². The highest BCUT2D eigenvalue weighted by Gasteiger charge is 2.19. The number of carbonyl (C=O) groups is 3. The normalized spacial score (nSPS) is 12.9. The van der Waals surface area contributed by atoms with E-state index in [0.29, 0.717) is 12.8 Å². The summed E-state index contributed by atoms with van der Waals surface area (Å²) in [6, 6.07) is 0. The Morgan fingerprint density at radius 2 is 0.800 bits per heavy atom. The Bertz CT molecular complexity index is 1230. The van der Waals surface area contributed by atoms with E-state index >= 15 is 0 Å². The van der Waals surface area contributed by atoms with Crippen molar-refractivity contribution in [1.29, 1.82) is 0 Å². The van der Waals surface area contributed by atoms with Gasteiger partial charge in [0, 0.05) is 12.8 Å². The molecular formula is C54H88O6. The largest absolute Gasteiger partial charge is 0.462 e. The summed E-state index contributed by atoms with van der Waals surface area (Å²) in [7, 11) is 0. The van der Waals surface area contributed by atoms with Crippen LogP contribution in [0.2, 0.25) is 0 Å². The summed E-state index contributed by atoms with van der Waals surface area (Å²) >= 11 is 0. The fraction of sp³-hybridized carbons (Fsp3) is 0.648. The Balaban J connectivity index is 4.45. The first-order valence-corrected chi connectivity index (χ1v) is 24.3. The second-order valence-electron chi connectivity index (χ2n) is 15.8. The van der Waals surface area contributed by atoms with Gasteiger partial charge < -0.3 is 14.2 Å². The molecule has 0 N–H and O–H groups in total. The Morgan fingerprint density at radius 3 is 1.32 bits per heavy atom. The summed E-state index contributed by atoms with van der Waals surface area (Å²) in [4.78, 5) is 37.7. The fourth-order valence-corrected chi connectivity index (χ4v) is 6.36. The minimum absolute atomic E-state index is 0.118. The van der Waals surface area contributed by atoms with Crippen molar-refractivity contribution in [3.05, 3.63) is 97.2 Å². The van der Waals surface area contributed by atoms with Crippen molar-refractivity contribution in [3.63, 3.8) is 0 Å². The first-order chi connectivity index (χ1) is 29.5. The zero-order valence-corrected chi connectivity index (χ0v) is 38.7. The third-order valence-electron chi connectivity index (χ3n) is 9.96. The van der Waals surface area contributed by atoms with Crippen LogP contribution in [-0.4, -0.2) is 37.2 Å². The van der Waals surface area contributed by atoms with Gasteiger partial charge in [0.1, 0.15) is 13.2 Å². The molecule has 0 fully saturated rings. The highest BCUT2D eigenvalue weighted by Crippen LogP contribution is 2.15. The summed E-state index contributed by atoms with van der Waals surface area (Å²) in [6.45, 7) is 6.30. The molecule has 0 spiro atoms. The van der Waals surface area contributed by atoms with Gasteiger partial charge in [0.25, 0.3) is 0 Å². The second kappa shape index (κ2) is 48.0. The van der Waals surface area contributed by atoms with Crippen molar-refractivity contribution in [2.24, 2.45) is 0 Å². The number of hydrogen-bond acceptors (Lipinski definition) is 6. The standard InChI is InChI=1S/C54H88O6/c1-4-7-10-13-16-19-21-23-25-26-27-29-30-32-35-38-41-44-47-53(56)59-50-51(49-58-52(55)46-43-40-37-34-18-15-12-9-6-3)60-54(57)48-45-42-39-36-33-31-28-24-22-20-17-14-11-8-5-2/h9-10,12-13,16,18-19,21,23,25-27,29,34,40,43,51H,4-8,11,14-15,17,20,22,24,28,30-33,35-39,41-42,44-50H2,1-3H3/b12-9-,13-10-,19-16-,23-21-,26-25-,29-27-,34-18-,43-40-. The number of rotatable bonds is 42. The van der Waals surface area contributed by atoms with Gasteiger partial charge >= 0.3 is 17.9 Å². The Labute approximate surface area is 368 Å². The summed E-state index contributed by atoms with van der Waals surface area (Å²) in [6.07, 6.45) is 62.8. The van der Waals surface area contributed by atoms with Gasteiger partial charge in [0.05, 0.1) is 6.42 Å². The van der Waals surface area contributed by atoms with Gasteiger partial charge in [-0.3, -0.25) is 14.4 Å². The van der Waals surface area contributed by atoms with Crippen LogP contribution in [0.5, 0.6) is 0 Å². The average Bonchev–Trinajstić information content (AvgIpc) is 3.24. The van der Waals surface area contributed by atoms with E-state index < -0.39 is 12.1 Å². The number of carbonyl (C=O) groups excluding carboxylic acids is 3. The first kappa shape index (κ1) is 56.3. The highest BCUT2D eigenvalue weighted by molar-refractivity contribution is 5.72. The van der Waals surface area contributed by atoms with Crippen LogP contribution in [0.4, 0.5) is 0 Å². The number of esters is 3. The SMILES string of the molecule is CC/C=C\C/C=C\C/C=C\CC(=O)OCC(COC(=O)CCCCCCC\C=C/C=C\C=C/C=C\C=C/CCC)OC(=O)CCCCCCCCCCCCCCCCC. The molecule has 340 valence electrons. The lowest BCUT2D eigenvalue weighted by molar-refractivity contribution is -0.166. The van der Waals surface area contributed by atoms with Crippen LogP contribution in [-0.2, 0) is 28.6 Å². The third kappa shape index (κ3) is 45.4. The quantitative estimate of drug-likeness (QED) is 0.0200. The van der Waals surface area contributed by atoms with Crippen molar-refractivity contribution in [2.75, 3.05) is 13.2 Å². The van der Waals surface area contributed by atoms with Crippen LogP contribution in [0.3, 0.4) is 0 Å². The molecule has 6 nitrogen and oxygen atoms in total. The van der Waals surface area contributed by atoms with Crippen molar-refractivity contribution in [3.8, 4) is 0 Å². The maximum absolute atomic E-state index is 12.7. The summed E-state index contributed by atoms with van der Waals surface area (Å²) in [5.41, 5.74) is 0. The van der Waals surface area contributed by atoms with Gasteiger partial charge in [0.2, 0.25) is 0 Å². The van der Waals surface area contributed by atoms with Crippen LogP contribution >= 0.6 is 0 Å². The van der Waals surface area contributed by atoms with Gasteiger partial charge in [-0.1, -0.05) is 234 Å². The van der Waals surface area contributed by atoms with Gasteiger partial charge in [-0.25, -0.2) is 0 Å². The Kier molecular flexibility index (Phi) is 45.1. The highest BCUT2D eigenvalue weighted by atomic mass is 16.6. The monoisotopic (exact) mass is 833 g/mol. The van der Waals surface area contributed by atoms with Crippen molar-refractivity contribution >= 4 is 17.9 Å². The predicted octanol–water partition coefficient (Wildman–Crippen LogP) is 15.8. The molecule has 0 heterocycles. The van der Waals surface area contributed by atoms with E-state index in [0.717, 1.165) is 83.5 Å². The van der Waals surface area contributed by atoms with Gasteiger partial charge in [-0.05, 0) is 51.4 Å². The van der Waals surface area contributed by atoms with Crippen LogP contribution in [0.15, 0.2) is 97.2 Å². The van der Waals surface area contributed by atoms with Crippen LogP contribution in [0, 0.1) is 0 Å². The number of ether oxygens (including phenoxy) is 3. The second-order valence-corrected chi connectivity index (χ2v) is 15.8. The lowest BCUT2D eigenvalue weighted by Crippen LogP contribution is -2.30. The van der Waals surface area contributed by atoms with E-state index in [9.17, 15) is 14.4 Å². The molecule has 60 heavy (non-hydrogen) atoms. The molecule has 6 heteroatoms. The zero-order valence-electron chi connectivity index (χ0n) is 38.7. The van der Waals surface area contributed by atoms with Gasteiger partial charge in [0.15, 0.2) is 6.10 Å². The lowest BCUT2D eigenvalue weighted by atomic mass is 10.0. The Hall–Kier alpha value is -3.67. The van der Waals surface area contributed by atoms with Gasteiger partial charge in [-0.2, -0.15) is 0 Å². The number of hydrogen-bond donors (Lipinski definition) is 0. The topological polar surface area (TPSA) is 78.9 Å². The third-order valence-corrected chi connectivity index (χ3v) is 9.96. The van der Waals surface area contributed by atoms with E-state index in [-0.39, 0.29) is 31.6 Å². The first-order valence-electron chi connectivity index (χ1n) is 24.3. The van der Waals surface area contributed by atoms with Crippen LogP contribution < -0.4 is 0 Å². The smallest absolute Gasteiger partial charge is 0.309 e. The molecule has 1 unspecified atom stereocenters. The van der Waals surface area contributed by atoms with Crippen molar-refractivity contribution < 1.29 is 28.6 Å². The maximum Gasteiger partial charge on any atom is 0.309 e. The van der Waals surface area contributed by atoms with E-state index in [1.54, 1.807) is 6.08 Å². The molecule has 0 radical (unpaired) electrons. The van der Waals surface area contributed by atoms with Crippen LogP contribution in [0.25, 0.3) is 0 Å². The molecule has 0 saturated carbocycles. The van der Waals surface area contributed by atoms with E-state index in [4.69, 9.17) is 14.2 Å². The molecule has 0 amide bonds. The van der Waals surface area contributed by atoms with Crippen molar-refractivity contribution in [1.82, 2.24) is 0 Å². The zero-order chi connectivity index (χ0) is 43.7. The van der Waals surface area contributed by atoms with E-state index in [1.807, 2.05) is 42.5 Å². The maximum atomic E-state index is 12.7. The fourth-order valence-electron chi connectivity index (χ4n) is 6.36. The minimum atomic E-state index is -0.821. The summed E-state index contributed by atoms with van der Waals surface area (Å²) in [5, 5.41) is 0.